The third kappa shape index (κ3) is 2.33. The molecular formula is C9H13NO. The third-order valence-electron chi connectivity index (χ3n) is 1.66. The molecule has 11 heavy (non-hydrogen) atoms. The Bertz CT molecular complexity index is 233. The van der Waals surface area contributed by atoms with Crippen molar-refractivity contribution in [1.29, 1.82) is 0 Å². The molecule has 0 radical (unpaired) electrons. The van der Waals surface area contributed by atoms with Gasteiger partial charge in [0.05, 0.1) is 0 Å². The highest BCUT2D eigenvalue weighted by Gasteiger charge is 1.97. The van der Waals surface area contributed by atoms with Crippen LogP contribution in [0.1, 0.15) is 11.1 Å². The van der Waals surface area contributed by atoms with Crippen LogP contribution in [-0.2, 0) is 6.54 Å². The summed E-state index contributed by atoms with van der Waals surface area (Å²) in [5, 5.41) is 10.1. The summed E-state index contributed by atoms with van der Waals surface area (Å²) in [6, 6.07) is 8.03. The topological polar surface area (TPSA) is 23.5 Å². The zero-order valence-corrected chi connectivity index (χ0v) is 6.91. The first-order valence-electron chi connectivity index (χ1n) is 3.64. The Morgan fingerprint density at radius 1 is 1.36 bits per heavy atom. The molecule has 2 heteroatoms. The van der Waals surface area contributed by atoms with Crippen molar-refractivity contribution >= 4 is 0 Å². The van der Waals surface area contributed by atoms with Crippen LogP contribution in [0.2, 0.25) is 0 Å². The van der Waals surface area contributed by atoms with Crippen molar-refractivity contribution in [3.8, 4) is 0 Å². The van der Waals surface area contributed by atoms with Crippen molar-refractivity contribution in [3.05, 3.63) is 35.4 Å². The van der Waals surface area contributed by atoms with E-state index in [4.69, 9.17) is 5.21 Å². The summed E-state index contributed by atoms with van der Waals surface area (Å²) in [6.45, 7) is 2.63. The first-order valence-corrected chi connectivity index (χ1v) is 3.64. The van der Waals surface area contributed by atoms with Gasteiger partial charge >= 0.3 is 0 Å². The highest BCUT2D eigenvalue weighted by molar-refractivity contribution is 5.24. The smallest absolute Gasteiger partial charge is 0.0488 e. The summed E-state index contributed by atoms with van der Waals surface area (Å²) in [5.74, 6) is 0. The van der Waals surface area contributed by atoms with E-state index >= 15 is 0 Å². The zero-order chi connectivity index (χ0) is 8.27. The Morgan fingerprint density at radius 2 is 2.00 bits per heavy atom. The number of rotatable bonds is 2. The van der Waals surface area contributed by atoms with Crippen LogP contribution in [0.5, 0.6) is 0 Å². The molecule has 0 aromatic heterocycles. The molecule has 2 nitrogen and oxygen atoms in total. The average molecular weight is 151 g/mol. The summed E-state index contributed by atoms with van der Waals surface area (Å²) < 4.78 is 0. The molecule has 1 aromatic rings. The van der Waals surface area contributed by atoms with Crippen molar-refractivity contribution < 1.29 is 5.21 Å². The van der Waals surface area contributed by atoms with E-state index in [0.717, 1.165) is 5.56 Å². The Hall–Kier alpha value is -0.860. The number of aryl methyl sites for hydroxylation is 1. The van der Waals surface area contributed by atoms with Gasteiger partial charge in [-0.05, 0) is 18.1 Å². The van der Waals surface area contributed by atoms with E-state index in [1.54, 1.807) is 7.05 Å². The zero-order valence-electron chi connectivity index (χ0n) is 6.91. The summed E-state index contributed by atoms with van der Waals surface area (Å²) in [5.41, 5.74) is 2.38. The third-order valence-corrected chi connectivity index (χ3v) is 1.66. The lowest BCUT2D eigenvalue weighted by molar-refractivity contribution is -0.0732. The molecule has 60 valence electrons. The fourth-order valence-electron chi connectivity index (χ4n) is 1.03. The van der Waals surface area contributed by atoms with Gasteiger partial charge in [-0.15, -0.1) is 0 Å². The molecule has 0 bridgehead atoms. The Morgan fingerprint density at radius 3 is 2.55 bits per heavy atom. The molecule has 0 amide bonds. The largest absolute Gasteiger partial charge is 0.314 e. The number of benzene rings is 1. The minimum absolute atomic E-state index is 0.590. The van der Waals surface area contributed by atoms with Gasteiger partial charge in [0, 0.05) is 13.6 Å². The second kappa shape index (κ2) is 3.51. The van der Waals surface area contributed by atoms with E-state index in [2.05, 4.69) is 0 Å². The van der Waals surface area contributed by atoms with Crippen LogP contribution in [0.25, 0.3) is 0 Å². The Kier molecular flexibility index (Phi) is 2.63. The lowest BCUT2D eigenvalue weighted by atomic mass is 10.1. The maximum Gasteiger partial charge on any atom is 0.0488 e. The van der Waals surface area contributed by atoms with Crippen molar-refractivity contribution in [2.45, 2.75) is 13.5 Å². The molecule has 0 aliphatic heterocycles. The van der Waals surface area contributed by atoms with Crippen LogP contribution < -0.4 is 0 Å². The van der Waals surface area contributed by atoms with Gasteiger partial charge in [0.2, 0.25) is 0 Å². The van der Waals surface area contributed by atoms with E-state index < -0.39 is 0 Å². The van der Waals surface area contributed by atoms with E-state index in [0.29, 0.717) is 6.54 Å². The highest BCUT2D eigenvalue weighted by Crippen LogP contribution is 2.07. The average Bonchev–Trinajstić information content (AvgIpc) is 1.93. The quantitative estimate of drug-likeness (QED) is 0.652. The van der Waals surface area contributed by atoms with Crippen LogP contribution in [-0.4, -0.2) is 17.3 Å². The first-order chi connectivity index (χ1) is 5.20. The fourth-order valence-corrected chi connectivity index (χ4v) is 1.03. The van der Waals surface area contributed by atoms with Crippen LogP contribution >= 0.6 is 0 Å². The van der Waals surface area contributed by atoms with E-state index in [-0.39, 0.29) is 0 Å². The molecule has 0 spiro atoms. The van der Waals surface area contributed by atoms with Crippen LogP contribution in [0, 0.1) is 6.92 Å². The summed E-state index contributed by atoms with van der Waals surface area (Å²) in [6.07, 6.45) is 0. The summed E-state index contributed by atoms with van der Waals surface area (Å²) in [7, 11) is 1.65. The standard InChI is InChI=1S/C9H13NO/c1-8-5-3-4-6-9(8)7-10(2)11/h3-6,11H,7H2,1-2H3. The summed E-state index contributed by atoms with van der Waals surface area (Å²) >= 11 is 0. The minimum atomic E-state index is 0.590. The molecule has 0 unspecified atom stereocenters. The normalized spacial score (nSPS) is 10.5. The van der Waals surface area contributed by atoms with Crippen molar-refractivity contribution in [2.75, 3.05) is 7.05 Å². The molecule has 0 saturated carbocycles. The van der Waals surface area contributed by atoms with Crippen LogP contribution in [0.15, 0.2) is 24.3 Å². The molecule has 1 aromatic carbocycles. The molecule has 0 aliphatic carbocycles. The molecule has 1 N–H and O–H groups in total. The van der Waals surface area contributed by atoms with Crippen molar-refractivity contribution in [1.82, 2.24) is 5.06 Å². The van der Waals surface area contributed by atoms with Gasteiger partial charge in [-0.3, -0.25) is 0 Å². The molecule has 0 aliphatic rings. The Labute approximate surface area is 67.0 Å². The molecule has 0 heterocycles. The predicted octanol–water partition coefficient (Wildman–Crippen LogP) is 1.82. The van der Waals surface area contributed by atoms with Gasteiger partial charge in [0.25, 0.3) is 0 Å². The lowest BCUT2D eigenvalue weighted by Gasteiger charge is -2.09. The van der Waals surface area contributed by atoms with Gasteiger partial charge in [0.1, 0.15) is 0 Å². The fraction of sp³-hybridized carbons (Fsp3) is 0.333. The second-order valence-corrected chi connectivity index (χ2v) is 2.74. The van der Waals surface area contributed by atoms with Gasteiger partial charge in [0.15, 0.2) is 0 Å². The highest BCUT2D eigenvalue weighted by atomic mass is 16.5. The van der Waals surface area contributed by atoms with Gasteiger partial charge in [-0.1, -0.05) is 24.3 Å². The first kappa shape index (κ1) is 8.24. The second-order valence-electron chi connectivity index (χ2n) is 2.74. The van der Waals surface area contributed by atoms with Crippen LogP contribution in [0.4, 0.5) is 0 Å². The molecular weight excluding hydrogens is 138 g/mol. The minimum Gasteiger partial charge on any atom is -0.314 e. The molecule has 1 rings (SSSR count). The molecule has 0 saturated heterocycles. The maximum atomic E-state index is 8.96. The van der Waals surface area contributed by atoms with Crippen molar-refractivity contribution in [2.24, 2.45) is 0 Å². The maximum absolute atomic E-state index is 8.96. The van der Waals surface area contributed by atoms with E-state index in [9.17, 15) is 0 Å². The SMILES string of the molecule is Cc1ccccc1CN(C)O. The monoisotopic (exact) mass is 151 g/mol. The number of hydroxylamine groups is 2. The van der Waals surface area contributed by atoms with Crippen molar-refractivity contribution in [3.63, 3.8) is 0 Å². The van der Waals surface area contributed by atoms with Crippen LogP contribution in [0.3, 0.4) is 0 Å². The lowest BCUT2D eigenvalue weighted by Crippen LogP contribution is -2.12. The molecule has 0 fully saturated rings. The molecule has 0 atom stereocenters. The summed E-state index contributed by atoms with van der Waals surface area (Å²) in [4.78, 5) is 0. The van der Waals surface area contributed by atoms with E-state index in [1.165, 1.54) is 10.6 Å². The van der Waals surface area contributed by atoms with Gasteiger partial charge in [-0.25, -0.2) is 0 Å². The Balaban J connectivity index is 2.78. The number of hydrogen-bond donors (Lipinski definition) is 1. The van der Waals surface area contributed by atoms with E-state index in [1.807, 2.05) is 31.2 Å². The number of nitrogens with zero attached hydrogens (tertiary/aromatic N) is 1. The predicted molar refractivity (Wildman–Crippen MR) is 44.4 cm³/mol. The number of hydrogen-bond acceptors (Lipinski definition) is 2. The van der Waals surface area contributed by atoms with Gasteiger partial charge in [-0.2, -0.15) is 5.06 Å². The van der Waals surface area contributed by atoms with Gasteiger partial charge < -0.3 is 5.21 Å².